The molecule has 0 amide bonds. The quantitative estimate of drug-likeness (QED) is 0.856. The number of nitrogens with zero attached hydrogens (tertiary/aromatic N) is 2. The van der Waals surface area contributed by atoms with E-state index in [4.69, 9.17) is 0 Å². The van der Waals surface area contributed by atoms with E-state index in [1.165, 1.54) is 12.1 Å². The van der Waals surface area contributed by atoms with Crippen LogP contribution >= 0.6 is 0 Å². The maximum atomic E-state index is 13.3. The van der Waals surface area contributed by atoms with Crippen molar-refractivity contribution < 1.29 is 4.39 Å². The number of benzene rings is 1. The third kappa shape index (κ3) is 4.03. The molecule has 0 saturated carbocycles. The maximum absolute atomic E-state index is 13.3. The Morgan fingerprint density at radius 3 is 2.29 bits per heavy atom. The molecule has 0 aliphatic carbocycles. The monoisotopic (exact) mass is 291 g/mol. The largest absolute Gasteiger partial charge is 0.341 e. The molecule has 1 heterocycles. The van der Waals surface area contributed by atoms with Gasteiger partial charge in [-0.2, -0.15) is 0 Å². The molecular formula is C17H26FN3. The highest BCUT2D eigenvalue weighted by Gasteiger charge is 2.20. The fraction of sp³-hybridized carbons (Fsp3) is 0.588. The zero-order valence-corrected chi connectivity index (χ0v) is 13.7. The van der Waals surface area contributed by atoms with E-state index in [-0.39, 0.29) is 11.9 Å². The average molecular weight is 291 g/mol. The van der Waals surface area contributed by atoms with E-state index in [2.05, 4.69) is 49.5 Å². The normalized spacial score (nSPS) is 13.8. The molecule has 0 radical (unpaired) electrons. The van der Waals surface area contributed by atoms with Gasteiger partial charge < -0.3 is 4.98 Å². The fourth-order valence-electron chi connectivity index (χ4n) is 2.70. The van der Waals surface area contributed by atoms with E-state index in [0.29, 0.717) is 11.8 Å². The SMILES string of the molecule is CC(C)CN(CC(C)C)C(C)c1nc2ccc(F)cc2[nH]1. The van der Waals surface area contributed by atoms with E-state index in [0.717, 1.165) is 29.9 Å². The molecule has 0 aliphatic rings. The molecule has 116 valence electrons. The van der Waals surface area contributed by atoms with Gasteiger partial charge in [-0.3, -0.25) is 4.90 Å². The van der Waals surface area contributed by atoms with Gasteiger partial charge in [0.1, 0.15) is 11.6 Å². The lowest BCUT2D eigenvalue weighted by Crippen LogP contribution is -2.34. The molecule has 21 heavy (non-hydrogen) atoms. The van der Waals surface area contributed by atoms with Crippen molar-refractivity contribution in [3.05, 3.63) is 29.8 Å². The zero-order chi connectivity index (χ0) is 15.6. The first-order valence-corrected chi connectivity index (χ1v) is 7.76. The van der Waals surface area contributed by atoms with Crippen LogP contribution in [0.5, 0.6) is 0 Å². The van der Waals surface area contributed by atoms with Crippen LogP contribution in [-0.2, 0) is 0 Å². The van der Waals surface area contributed by atoms with Crippen LogP contribution in [0.1, 0.15) is 46.5 Å². The summed E-state index contributed by atoms with van der Waals surface area (Å²) in [5, 5.41) is 0. The Hall–Kier alpha value is -1.42. The highest BCUT2D eigenvalue weighted by Crippen LogP contribution is 2.23. The maximum Gasteiger partial charge on any atom is 0.125 e. The summed E-state index contributed by atoms with van der Waals surface area (Å²) in [6.45, 7) is 13.2. The Bertz CT molecular complexity index is 579. The number of imidazole rings is 1. The summed E-state index contributed by atoms with van der Waals surface area (Å²) < 4.78 is 13.3. The van der Waals surface area contributed by atoms with Crippen molar-refractivity contribution in [1.29, 1.82) is 0 Å². The number of halogens is 1. The fourth-order valence-corrected chi connectivity index (χ4v) is 2.70. The van der Waals surface area contributed by atoms with Crippen LogP contribution in [0.15, 0.2) is 18.2 Å². The number of fused-ring (bicyclic) bond motifs is 1. The van der Waals surface area contributed by atoms with Crippen LogP contribution in [0.3, 0.4) is 0 Å². The molecule has 2 aromatic rings. The highest BCUT2D eigenvalue weighted by molar-refractivity contribution is 5.75. The number of rotatable bonds is 6. The highest BCUT2D eigenvalue weighted by atomic mass is 19.1. The van der Waals surface area contributed by atoms with E-state index in [1.807, 2.05) is 0 Å². The standard InChI is InChI=1S/C17H26FN3/c1-11(2)9-21(10-12(3)4)13(5)17-19-15-7-6-14(18)8-16(15)20-17/h6-8,11-13H,9-10H2,1-5H3,(H,19,20). The van der Waals surface area contributed by atoms with Crippen molar-refractivity contribution in [3.63, 3.8) is 0 Å². The molecular weight excluding hydrogens is 265 g/mol. The first-order chi connectivity index (χ1) is 9.86. The lowest BCUT2D eigenvalue weighted by molar-refractivity contribution is 0.162. The summed E-state index contributed by atoms with van der Waals surface area (Å²) in [5.41, 5.74) is 1.60. The third-order valence-electron chi connectivity index (χ3n) is 3.61. The van der Waals surface area contributed by atoms with Crippen LogP contribution < -0.4 is 0 Å². The summed E-state index contributed by atoms with van der Waals surface area (Å²) >= 11 is 0. The number of H-pyrrole nitrogens is 1. The second-order valence-electron chi connectivity index (χ2n) is 6.70. The molecule has 1 N–H and O–H groups in total. The lowest BCUT2D eigenvalue weighted by Gasteiger charge is -2.30. The van der Waals surface area contributed by atoms with Crippen LogP contribution in [0.2, 0.25) is 0 Å². The number of hydrogen-bond acceptors (Lipinski definition) is 2. The minimum atomic E-state index is -0.230. The van der Waals surface area contributed by atoms with Gasteiger partial charge >= 0.3 is 0 Å². The Kier molecular flexibility index (Phi) is 4.99. The number of aromatic amines is 1. The third-order valence-corrected chi connectivity index (χ3v) is 3.61. The van der Waals surface area contributed by atoms with Gasteiger partial charge in [0.25, 0.3) is 0 Å². The second-order valence-corrected chi connectivity index (χ2v) is 6.70. The molecule has 0 aliphatic heterocycles. The van der Waals surface area contributed by atoms with Gasteiger partial charge in [-0.25, -0.2) is 9.37 Å². The molecule has 0 bridgehead atoms. The molecule has 2 rings (SSSR count). The predicted octanol–water partition coefficient (Wildman–Crippen LogP) is 4.38. The predicted molar refractivity (Wildman–Crippen MR) is 85.7 cm³/mol. The van der Waals surface area contributed by atoms with Gasteiger partial charge in [0.15, 0.2) is 0 Å². The topological polar surface area (TPSA) is 31.9 Å². The van der Waals surface area contributed by atoms with Gasteiger partial charge in [0, 0.05) is 13.1 Å². The molecule has 1 aromatic heterocycles. The summed E-state index contributed by atoms with van der Waals surface area (Å²) in [6, 6.07) is 4.89. The smallest absolute Gasteiger partial charge is 0.125 e. The Labute approximate surface area is 126 Å². The molecule has 1 aromatic carbocycles. The van der Waals surface area contributed by atoms with Gasteiger partial charge in [-0.1, -0.05) is 27.7 Å². The minimum Gasteiger partial charge on any atom is -0.341 e. The van der Waals surface area contributed by atoms with Crippen LogP contribution in [0.4, 0.5) is 4.39 Å². The summed E-state index contributed by atoms with van der Waals surface area (Å²) in [5.74, 6) is 1.89. The van der Waals surface area contributed by atoms with Crippen molar-refractivity contribution >= 4 is 11.0 Å². The van der Waals surface area contributed by atoms with Gasteiger partial charge in [-0.05, 0) is 37.0 Å². The van der Waals surface area contributed by atoms with Crippen molar-refractivity contribution in [3.8, 4) is 0 Å². The Balaban J connectivity index is 2.26. The summed E-state index contributed by atoms with van der Waals surface area (Å²) in [7, 11) is 0. The second kappa shape index (κ2) is 6.56. The first-order valence-electron chi connectivity index (χ1n) is 7.76. The average Bonchev–Trinajstić information content (AvgIpc) is 2.78. The van der Waals surface area contributed by atoms with Crippen molar-refractivity contribution in [2.24, 2.45) is 11.8 Å². The molecule has 0 spiro atoms. The van der Waals surface area contributed by atoms with Gasteiger partial charge in [0.05, 0.1) is 17.1 Å². The van der Waals surface area contributed by atoms with E-state index in [1.54, 1.807) is 6.07 Å². The molecule has 1 unspecified atom stereocenters. The van der Waals surface area contributed by atoms with E-state index < -0.39 is 0 Å². The Morgan fingerprint density at radius 1 is 1.10 bits per heavy atom. The van der Waals surface area contributed by atoms with Crippen LogP contribution in [0, 0.1) is 17.7 Å². The lowest BCUT2D eigenvalue weighted by atomic mass is 10.1. The van der Waals surface area contributed by atoms with Crippen molar-refractivity contribution in [2.75, 3.05) is 13.1 Å². The molecule has 1 atom stereocenters. The van der Waals surface area contributed by atoms with Crippen LogP contribution in [-0.4, -0.2) is 28.0 Å². The molecule has 4 heteroatoms. The molecule has 3 nitrogen and oxygen atoms in total. The van der Waals surface area contributed by atoms with E-state index in [9.17, 15) is 4.39 Å². The van der Waals surface area contributed by atoms with Crippen LogP contribution in [0.25, 0.3) is 11.0 Å². The minimum absolute atomic E-state index is 0.199. The van der Waals surface area contributed by atoms with E-state index >= 15 is 0 Å². The van der Waals surface area contributed by atoms with Crippen molar-refractivity contribution in [1.82, 2.24) is 14.9 Å². The number of nitrogens with one attached hydrogen (secondary N) is 1. The van der Waals surface area contributed by atoms with Crippen molar-refractivity contribution in [2.45, 2.75) is 40.7 Å². The van der Waals surface area contributed by atoms with Gasteiger partial charge in [-0.15, -0.1) is 0 Å². The Morgan fingerprint density at radius 2 is 1.71 bits per heavy atom. The zero-order valence-electron chi connectivity index (χ0n) is 13.7. The first kappa shape index (κ1) is 16.0. The number of hydrogen-bond donors (Lipinski definition) is 1. The molecule has 0 fully saturated rings. The summed E-state index contributed by atoms with van der Waals surface area (Å²) in [4.78, 5) is 10.3. The summed E-state index contributed by atoms with van der Waals surface area (Å²) in [6.07, 6.45) is 0. The van der Waals surface area contributed by atoms with Gasteiger partial charge in [0.2, 0.25) is 0 Å². The molecule has 0 saturated heterocycles. The number of aromatic nitrogens is 2.